The van der Waals surface area contributed by atoms with Gasteiger partial charge < -0.3 is 39.4 Å². The van der Waals surface area contributed by atoms with Gasteiger partial charge in [0.1, 0.15) is 31.0 Å². The molecule has 6 atom stereocenters. The molecule has 0 aromatic carbocycles. The molecule has 0 amide bonds. The van der Waals surface area contributed by atoms with Crippen molar-refractivity contribution < 1.29 is 49.0 Å². The fourth-order valence-electron chi connectivity index (χ4n) is 6.21. The Morgan fingerprint density at radius 1 is 0.542 bits per heavy atom. The van der Waals surface area contributed by atoms with Crippen LogP contribution >= 0.6 is 0 Å². The molecule has 336 valence electrons. The first kappa shape index (κ1) is 53.9. The van der Waals surface area contributed by atoms with Crippen LogP contribution < -0.4 is 0 Å². The summed E-state index contributed by atoms with van der Waals surface area (Å²) in [6.07, 6.45) is 43.2. The molecule has 0 aliphatic carbocycles. The molecule has 2 unspecified atom stereocenters. The predicted octanol–water partition coefficient (Wildman–Crippen LogP) is 9.77. The molecular weight excluding hydrogens is 749 g/mol. The number of hydrogen-bond acceptors (Lipinski definition) is 10. The van der Waals surface area contributed by atoms with E-state index in [-0.39, 0.29) is 26.1 Å². The topological polar surface area (TPSA) is 152 Å². The van der Waals surface area contributed by atoms with Crippen molar-refractivity contribution in [3.63, 3.8) is 0 Å². The van der Waals surface area contributed by atoms with Crippen molar-refractivity contribution in [1.29, 1.82) is 0 Å². The third-order valence-electron chi connectivity index (χ3n) is 9.78. The molecular formula is C49H80O10. The van der Waals surface area contributed by atoms with Gasteiger partial charge in [-0.2, -0.15) is 0 Å². The SMILES string of the molecule is CC/C=C/C/C=C/C/C=C/C/C=C/C/C=C/C/C=C/CCC(=O)OC[C@@H](CO[C@H]1O[C@@H](CO)[C@@H](O)C(O)C1O)OC(=O)CCCCC/C=C/CCCCCCCCCC. The van der Waals surface area contributed by atoms with Gasteiger partial charge in [-0.05, 0) is 77.0 Å². The average Bonchev–Trinajstić information content (AvgIpc) is 3.23. The van der Waals surface area contributed by atoms with Gasteiger partial charge in [0.05, 0.1) is 13.2 Å². The fourth-order valence-corrected chi connectivity index (χ4v) is 6.21. The predicted molar refractivity (Wildman–Crippen MR) is 237 cm³/mol. The van der Waals surface area contributed by atoms with Gasteiger partial charge in [-0.15, -0.1) is 0 Å². The van der Waals surface area contributed by atoms with Gasteiger partial charge in [0.15, 0.2) is 12.4 Å². The van der Waals surface area contributed by atoms with Crippen LogP contribution in [0.5, 0.6) is 0 Å². The second-order valence-electron chi connectivity index (χ2n) is 15.1. The number of unbranched alkanes of at least 4 members (excludes halogenated alkanes) is 11. The van der Waals surface area contributed by atoms with Crippen LogP contribution in [0, 0.1) is 0 Å². The highest BCUT2D eigenvalue weighted by Gasteiger charge is 2.44. The van der Waals surface area contributed by atoms with Gasteiger partial charge in [-0.3, -0.25) is 9.59 Å². The number of carbonyl (C=O) groups is 2. The lowest BCUT2D eigenvalue weighted by atomic mass is 9.99. The van der Waals surface area contributed by atoms with Crippen LogP contribution in [0.2, 0.25) is 0 Å². The summed E-state index contributed by atoms with van der Waals surface area (Å²) in [5.41, 5.74) is 0. The van der Waals surface area contributed by atoms with Gasteiger partial charge in [-0.25, -0.2) is 0 Å². The van der Waals surface area contributed by atoms with Crippen molar-refractivity contribution in [2.45, 2.75) is 192 Å². The second kappa shape index (κ2) is 39.0. The Kier molecular flexibility index (Phi) is 35.7. The number of hydrogen-bond donors (Lipinski definition) is 4. The minimum absolute atomic E-state index is 0.143. The smallest absolute Gasteiger partial charge is 0.306 e. The zero-order chi connectivity index (χ0) is 43.0. The van der Waals surface area contributed by atoms with Gasteiger partial charge in [0.25, 0.3) is 0 Å². The molecule has 1 rings (SSSR count). The minimum atomic E-state index is -1.61. The number of carbonyl (C=O) groups excluding carboxylic acids is 2. The van der Waals surface area contributed by atoms with Crippen molar-refractivity contribution >= 4 is 11.9 Å². The van der Waals surface area contributed by atoms with Crippen molar-refractivity contribution in [3.8, 4) is 0 Å². The summed E-state index contributed by atoms with van der Waals surface area (Å²) in [6, 6.07) is 0. The molecule has 59 heavy (non-hydrogen) atoms. The monoisotopic (exact) mass is 829 g/mol. The molecule has 1 saturated heterocycles. The van der Waals surface area contributed by atoms with Gasteiger partial charge >= 0.3 is 11.9 Å². The van der Waals surface area contributed by atoms with E-state index in [0.717, 1.165) is 64.2 Å². The normalized spacial score (nSPS) is 20.8. The molecule has 1 heterocycles. The Hall–Kier alpha value is -3.12. The summed E-state index contributed by atoms with van der Waals surface area (Å²) < 4.78 is 22.1. The first-order valence-electron chi connectivity index (χ1n) is 22.7. The number of allylic oxidation sites excluding steroid dienone is 14. The van der Waals surface area contributed by atoms with E-state index in [0.29, 0.717) is 12.8 Å². The van der Waals surface area contributed by atoms with E-state index < -0.39 is 55.4 Å². The van der Waals surface area contributed by atoms with Crippen LogP contribution in [0.3, 0.4) is 0 Å². The lowest BCUT2D eigenvalue weighted by Crippen LogP contribution is -2.59. The Bertz CT molecular complexity index is 1230. The maximum Gasteiger partial charge on any atom is 0.306 e. The number of rotatable bonds is 36. The Labute approximate surface area is 356 Å². The first-order chi connectivity index (χ1) is 28.8. The Balaban J connectivity index is 2.40. The maximum absolute atomic E-state index is 12.8. The Morgan fingerprint density at radius 3 is 1.58 bits per heavy atom. The zero-order valence-corrected chi connectivity index (χ0v) is 36.5. The van der Waals surface area contributed by atoms with E-state index >= 15 is 0 Å². The van der Waals surface area contributed by atoms with Crippen molar-refractivity contribution in [3.05, 3.63) is 85.1 Å². The number of aliphatic hydroxyl groups excluding tert-OH is 4. The average molecular weight is 829 g/mol. The largest absolute Gasteiger partial charge is 0.462 e. The zero-order valence-electron chi connectivity index (χ0n) is 36.5. The van der Waals surface area contributed by atoms with Crippen LogP contribution in [0.1, 0.15) is 155 Å². The third-order valence-corrected chi connectivity index (χ3v) is 9.78. The summed E-state index contributed by atoms with van der Waals surface area (Å²) in [5, 5.41) is 40.1. The fraction of sp³-hybridized carbons (Fsp3) is 0.673. The van der Waals surface area contributed by atoms with Crippen LogP contribution in [-0.4, -0.2) is 89.0 Å². The van der Waals surface area contributed by atoms with E-state index in [4.69, 9.17) is 18.9 Å². The van der Waals surface area contributed by atoms with E-state index in [1.807, 2.05) is 12.2 Å². The number of esters is 2. The molecule has 0 spiro atoms. The van der Waals surface area contributed by atoms with Crippen LogP contribution in [0.25, 0.3) is 0 Å². The third kappa shape index (κ3) is 30.5. The lowest BCUT2D eigenvalue weighted by molar-refractivity contribution is -0.305. The van der Waals surface area contributed by atoms with Crippen LogP contribution in [0.15, 0.2) is 85.1 Å². The molecule has 0 saturated carbocycles. The molecule has 0 aromatic rings. The van der Waals surface area contributed by atoms with Crippen LogP contribution in [-0.2, 0) is 28.5 Å². The summed E-state index contributed by atoms with van der Waals surface area (Å²) >= 11 is 0. The lowest BCUT2D eigenvalue weighted by Gasteiger charge is -2.39. The van der Waals surface area contributed by atoms with E-state index in [1.54, 1.807) is 0 Å². The van der Waals surface area contributed by atoms with Crippen molar-refractivity contribution in [1.82, 2.24) is 0 Å². The van der Waals surface area contributed by atoms with Crippen molar-refractivity contribution in [2.75, 3.05) is 19.8 Å². The molecule has 0 aromatic heterocycles. The summed E-state index contributed by atoms with van der Waals surface area (Å²) in [5.74, 6) is -0.930. The second-order valence-corrected chi connectivity index (χ2v) is 15.1. The standard InChI is InChI=1S/C49H80O10/c1-3-5-7-9-11-13-15-17-19-20-21-22-24-25-27-29-31-33-35-37-44(51)56-40-42(41-57-49-48(55)47(54)46(53)43(39-50)59-49)58-45(52)38-36-34-32-30-28-26-23-18-16-14-12-10-8-6-4-2/h5,7,11,13,17,19,21-22,25-28,31,33,42-43,46-50,53-55H,3-4,6,8-10,12,14-16,18,20,23-24,29-30,32,34-41H2,1-2H3/b7-5+,13-11+,19-17+,22-21+,27-25+,28-26+,33-31+/t42-,43-,46+,47?,48?,49-/m0/s1. The number of aliphatic hydroxyl groups is 4. The molecule has 1 fully saturated rings. The first-order valence-corrected chi connectivity index (χ1v) is 22.7. The highest BCUT2D eigenvalue weighted by Crippen LogP contribution is 2.22. The molecule has 0 radical (unpaired) electrons. The molecule has 10 heteroatoms. The molecule has 10 nitrogen and oxygen atoms in total. The van der Waals surface area contributed by atoms with E-state index in [9.17, 15) is 30.0 Å². The van der Waals surface area contributed by atoms with E-state index in [2.05, 4.69) is 86.8 Å². The molecule has 0 bridgehead atoms. The van der Waals surface area contributed by atoms with Crippen LogP contribution in [0.4, 0.5) is 0 Å². The van der Waals surface area contributed by atoms with Crippen molar-refractivity contribution in [2.24, 2.45) is 0 Å². The van der Waals surface area contributed by atoms with E-state index in [1.165, 1.54) is 51.4 Å². The molecule has 1 aliphatic rings. The minimum Gasteiger partial charge on any atom is -0.462 e. The highest BCUT2D eigenvalue weighted by atomic mass is 16.7. The number of ether oxygens (including phenoxy) is 4. The molecule has 1 aliphatic heterocycles. The highest BCUT2D eigenvalue weighted by molar-refractivity contribution is 5.70. The quantitative estimate of drug-likeness (QED) is 0.0273. The van der Waals surface area contributed by atoms with Gasteiger partial charge in [-0.1, -0.05) is 150 Å². The summed E-state index contributed by atoms with van der Waals surface area (Å²) in [4.78, 5) is 25.3. The summed E-state index contributed by atoms with van der Waals surface area (Å²) in [7, 11) is 0. The van der Waals surface area contributed by atoms with Gasteiger partial charge in [0.2, 0.25) is 0 Å². The maximum atomic E-state index is 12.8. The summed E-state index contributed by atoms with van der Waals surface area (Å²) in [6.45, 7) is 3.20. The molecule has 4 N–H and O–H groups in total. The Morgan fingerprint density at radius 2 is 1.03 bits per heavy atom. The van der Waals surface area contributed by atoms with Gasteiger partial charge in [0, 0.05) is 12.8 Å².